The quantitative estimate of drug-likeness (QED) is 0.580. The predicted molar refractivity (Wildman–Crippen MR) is 87.3 cm³/mol. The molecule has 4 aliphatic rings. The van der Waals surface area contributed by atoms with Crippen LogP contribution in [0.4, 0.5) is 0 Å². The second kappa shape index (κ2) is 4.26. The highest BCUT2D eigenvalue weighted by Crippen LogP contribution is 2.72. The first-order valence-electron chi connectivity index (χ1n) is 9.15. The van der Waals surface area contributed by atoms with Crippen LogP contribution in [0, 0.1) is 28.1 Å². The number of carbonyl (C=O) groups is 1. The molecule has 4 fully saturated rings. The van der Waals surface area contributed by atoms with Crippen molar-refractivity contribution in [1.82, 2.24) is 0 Å². The van der Waals surface area contributed by atoms with E-state index in [1.54, 1.807) is 0 Å². The molecule has 0 heterocycles. The van der Waals surface area contributed by atoms with Crippen LogP contribution in [0.15, 0.2) is 12.2 Å². The maximum absolute atomic E-state index is 11.8. The summed E-state index contributed by atoms with van der Waals surface area (Å²) in [6, 6.07) is 0. The smallest absolute Gasteiger partial charge is 0.126 e. The van der Waals surface area contributed by atoms with Gasteiger partial charge in [-0.3, -0.25) is 0 Å². The van der Waals surface area contributed by atoms with Crippen LogP contribution in [0.5, 0.6) is 0 Å². The van der Waals surface area contributed by atoms with Crippen molar-refractivity contribution in [3.63, 3.8) is 0 Å². The van der Waals surface area contributed by atoms with Crippen molar-refractivity contribution >= 4 is 6.29 Å². The molecule has 2 bridgehead atoms. The zero-order chi connectivity index (χ0) is 15.8. The van der Waals surface area contributed by atoms with Gasteiger partial charge < -0.3 is 9.90 Å². The molecule has 0 aliphatic heterocycles. The molecule has 0 radical (unpaired) electrons. The average Bonchev–Trinajstić information content (AvgIpc) is 2.64. The van der Waals surface area contributed by atoms with Crippen molar-refractivity contribution < 1.29 is 9.90 Å². The number of rotatable bonds is 1. The largest absolute Gasteiger partial charge is 0.386 e. The number of fused-ring (bicyclic) bond motifs is 3. The minimum atomic E-state index is -0.581. The Labute approximate surface area is 134 Å². The molecule has 122 valence electrons. The van der Waals surface area contributed by atoms with Gasteiger partial charge in [0.1, 0.15) is 6.29 Å². The van der Waals surface area contributed by atoms with Crippen LogP contribution < -0.4 is 0 Å². The van der Waals surface area contributed by atoms with Gasteiger partial charge in [-0.05, 0) is 79.6 Å². The Hall–Kier alpha value is -0.630. The first-order chi connectivity index (χ1) is 10.3. The van der Waals surface area contributed by atoms with E-state index in [1.165, 1.54) is 25.5 Å². The van der Waals surface area contributed by atoms with Crippen LogP contribution in [-0.4, -0.2) is 17.0 Å². The summed E-state index contributed by atoms with van der Waals surface area (Å²) in [6.07, 6.45) is 11.1. The average molecular weight is 302 g/mol. The van der Waals surface area contributed by atoms with Crippen LogP contribution in [0.3, 0.4) is 0 Å². The lowest BCUT2D eigenvalue weighted by atomic mass is 9.41. The van der Waals surface area contributed by atoms with Gasteiger partial charge in [0.2, 0.25) is 0 Å². The molecule has 2 heteroatoms. The molecule has 1 N–H and O–H groups in total. The molecule has 0 saturated heterocycles. The number of hydrogen-bond donors (Lipinski definition) is 1. The summed E-state index contributed by atoms with van der Waals surface area (Å²) in [5.41, 5.74) is 0.931. The summed E-state index contributed by atoms with van der Waals surface area (Å²) in [4.78, 5) is 11.8. The van der Waals surface area contributed by atoms with Crippen molar-refractivity contribution in [3.8, 4) is 0 Å². The van der Waals surface area contributed by atoms with Gasteiger partial charge in [0, 0.05) is 5.41 Å². The third kappa shape index (κ3) is 1.63. The van der Waals surface area contributed by atoms with Gasteiger partial charge in [0.25, 0.3) is 0 Å². The number of carbonyl (C=O) groups excluding carboxylic acids is 1. The number of aliphatic hydroxyl groups is 1. The fraction of sp³-hybridized carbons (Fsp3) is 0.850. The van der Waals surface area contributed by atoms with E-state index >= 15 is 0 Å². The molecule has 0 aromatic heterocycles. The molecule has 6 atom stereocenters. The van der Waals surface area contributed by atoms with Crippen LogP contribution in [0.25, 0.3) is 0 Å². The van der Waals surface area contributed by atoms with Crippen molar-refractivity contribution in [2.45, 2.75) is 77.2 Å². The second-order valence-corrected chi connectivity index (χ2v) is 9.52. The fourth-order valence-corrected chi connectivity index (χ4v) is 7.54. The minimum Gasteiger partial charge on any atom is -0.386 e. The molecule has 1 spiro atoms. The molecule has 4 saturated carbocycles. The zero-order valence-corrected chi connectivity index (χ0v) is 14.2. The van der Waals surface area contributed by atoms with Crippen molar-refractivity contribution in [1.29, 1.82) is 0 Å². The molecule has 4 aliphatic carbocycles. The summed E-state index contributed by atoms with van der Waals surface area (Å²) >= 11 is 0. The predicted octanol–water partition coefficient (Wildman–Crippen LogP) is 4.27. The lowest BCUT2D eigenvalue weighted by molar-refractivity contribution is -0.166. The molecule has 2 nitrogen and oxygen atoms in total. The van der Waals surface area contributed by atoms with E-state index in [0.29, 0.717) is 11.8 Å². The van der Waals surface area contributed by atoms with Crippen molar-refractivity contribution in [3.05, 3.63) is 12.2 Å². The molecule has 22 heavy (non-hydrogen) atoms. The van der Waals surface area contributed by atoms with Crippen LogP contribution in [0.1, 0.15) is 71.6 Å². The third-order valence-electron chi connectivity index (χ3n) is 8.47. The van der Waals surface area contributed by atoms with E-state index in [2.05, 4.69) is 20.4 Å². The highest BCUT2D eigenvalue weighted by molar-refractivity contribution is 5.60. The first-order valence-corrected chi connectivity index (χ1v) is 9.15. The Morgan fingerprint density at radius 2 is 1.86 bits per heavy atom. The third-order valence-corrected chi connectivity index (χ3v) is 8.47. The Morgan fingerprint density at radius 1 is 1.14 bits per heavy atom. The fourth-order valence-electron chi connectivity index (χ4n) is 7.54. The van der Waals surface area contributed by atoms with Crippen LogP contribution >= 0.6 is 0 Å². The van der Waals surface area contributed by atoms with E-state index < -0.39 is 5.60 Å². The van der Waals surface area contributed by atoms with Gasteiger partial charge in [-0.25, -0.2) is 0 Å². The van der Waals surface area contributed by atoms with E-state index in [1.807, 2.05) is 0 Å². The highest BCUT2D eigenvalue weighted by atomic mass is 16.3. The molecular weight excluding hydrogens is 272 g/mol. The van der Waals surface area contributed by atoms with Gasteiger partial charge >= 0.3 is 0 Å². The molecule has 0 aromatic carbocycles. The Kier molecular flexibility index (Phi) is 2.89. The molecule has 0 unspecified atom stereocenters. The summed E-state index contributed by atoms with van der Waals surface area (Å²) in [6.45, 7) is 8.89. The van der Waals surface area contributed by atoms with E-state index in [-0.39, 0.29) is 16.2 Å². The van der Waals surface area contributed by atoms with Gasteiger partial charge in [-0.1, -0.05) is 26.8 Å². The monoisotopic (exact) mass is 302 g/mol. The van der Waals surface area contributed by atoms with E-state index in [4.69, 9.17) is 0 Å². The highest BCUT2D eigenvalue weighted by Gasteiger charge is 2.66. The Bertz CT molecular complexity index is 540. The summed E-state index contributed by atoms with van der Waals surface area (Å²) in [5, 5.41) is 10.9. The van der Waals surface area contributed by atoms with Crippen LogP contribution in [-0.2, 0) is 4.79 Å². The van der Waals surface area contributed by atoms with Gasteiger partial charge in [-0.2, -0.15) is 0 Å². The lowest BCUT2D eigenvalue weighted by Gasteiger charge is -2.63. The Morgan fingerprint density at radius 3 is 2.59 bits per heavy atom. The summed E-state index contributed by atoms with van der Waals surface area (Å²) in [5.74, 6) is 1.19. The Balaban J connectivity index is 1.75. The van der Waals surface area contributed by atoms with Crippen molar-refractivity contribution in [2.24, 2.45) is 28.1 Å². The van der Waals surface area contributed by atoms with Gasteiger partial charge in [0.05, 0.1) is 5.60 Å². The van der Waals surface area contributed by atoms with E-state index in [9.17, 15) is 9.90 Å². The summed E-state index contributed by atoms with van der Waals surface area (Å²) < 4.78 is 0. The zero-order valence-electron chi connectivity index (χ0n) is 14.2. The van der Waals surface area contributed by atoms with Gasteiger partial charge in [0.15, 0.2) is 0 Å². The van der Waals surface area contributed by atoms with Crippen LogP contribution in [0.2, 0.25) is 0 Å². The standard InChI is InChI=1S/C20H30O2/c1-14-11-19-9-5-15-17(2,13-21)7-4-8-18(15,3)16(19)6-10-20(14,22)12-19/h13,15-16,22H,1,4-12H2,2-3H3/t15-,16+,17+,18-,19+,20-/m1/s1. The molecule has 4 rings (SSSR count). The maximum atomic E-state index is 11.8. The lowest BCUT2D eigenvalue weighted by Crippen LogP contribution is -2.57. The van der Waals surface area contributed by atoms with Crippen molar-refractivity contribution in [2.75, 3.05) is 0 Å². The number of aldehydes is 1. The topological polar surface area (TPSA) is 37.3 Å². The normalized spacial score (nSPS) is 57.1. The SMILES string of the molecule is C=C1C[C@]23CC[C@H]4[C@@](C)(CCC[C@@]4(C)C=O)[C@@H]2CC[C@@]1(O)C3. The molecule has 0 aromatic rings. The van der Waals surface area contributed by atoms with E-state index in [0.717, 1.165) is 44.1 Å². The molecular formula is C20H30O2. The second-order valence-electron chi connectivity index (χ2n) is 9.52. The molecule has 0 amide bonds. The van der Waals surface area contributed by atoms with Gasteiger partial charge in [-0.15, -0.1) is 0 Å². The maximum Gasteiger partial charge on any atom is 0.126 e. The number of hydrogen-bond acceptors (Lipinski definition) is 2. The summed E-state index contributed by atoms with van der Waals surface area (Å²) in [7, 11) is 0. The minimum absolute atomic E-state index is 0.127. The first kappa shape index (κ1) is 14.9.